The van der Waals surface area contributed by atoms with Crippen molar-refractivity contribution in [2.24, 2.45) is 5.11 Å². The zero-order valence-corrected chi connectivity index (χ0v) is 18.2. The highest BCUT2D eigenvalue weighted by Crippen LogP contribution is 2.44. The predicted octanol–water partition coefficient (Wildman–Crippen LogP) is 5.63. The van der Waals surface area contributed by atoms with Crippen LogP contribution in [0.3, 0.4) is 0 Å². The van der Waals surface area contributed by atoms with Crippen LogP contribution >= 0.6 is 0 Å². The Balaban J connectivity index is 1.56. The largest absolute Gasteiger partial charge is 0.480 e. The van der Waals surface area contributed by atoms with Crippen molar-refractivity contribution in [3.8, 4) is 11.1 Å². The zero-order valence-electron chi connectivity index (χ0n) is 18.2. The molecular formula is C24H28N4O4. The Bertz CT molecular complexity index is 973. The maximum absolute atomic E-state index is 12.5. The number of nitrogens with zero attached hydrogens (tertiary/aromatic N) is 3. The van der Waals surface area contributed by atoms with E-state index < -0.39 is 17.6 Å². The van der Waals surface area contributed by atoms with Crippen molar-refractivity contribution in [2.75, 3.05) is 13.2 Å². The number of aliphatic carboxylic acids is 1. The number of hydrogen-bond donors (Lipinski definition) is 2. The van der Waals surface area contributed by atoms with Gasteiger partial charge in [0, 0.05) is 17.4 Å². The fraction of sp³-hybridized carbons (Fsp3) is 0.417. The lowest BCUT2D eigenvalue weighted by atomic mass is 9.94. The standard InChI is InChI=1S/C24H28N4O4/c1-24(22(29)30,14-8-2-3-9-15-26-28-25)27-23(31)32-16-21-19-12-6-4-10-17(19)18-11-5-7-13-20(18)21/h4-7,10-13,21H,2-3,8-9,14-16H2,1H3,(H,27,31)(H,29,30)/t24-/m0/s1. The van der Waals surface area contributed by atoms with E-state index in [1.54, 1.807) is 0 Å². The van der Waals surface area contributed by atoms with Gasteiger partial charge in [-0.25, -0.2) is 9.59 Å². The van der Waals surface area contributed by atoms with E-state index in [0.29, 0.717) is 13.0 Å². The summed E-state index contributed by atoms with van der Waals surface area (Å²) in [5.41, 5.74) is 11.3. The third-order valence-corrected chi connectivity index (χ3v) is 5.94. The zero-order chi connectivity index (χ0) is 23.0. The molecule has 2 aromatic rings. The highest BCUT2D eigenvalue weighted by Gasteiger charge is 2.35. The summed E-state index contributed by atoms with van der Waals surface area (Å²) in [6.45, 7) is 2.07. The number of rotatable bonds is 11. The minimum Gasteiger partial charge on any atom is -0.480 e. The lowest BCUT2D eigenvalue weighted by Crippen LogP contribution is -2.52. The Morgan fingerprint density at radius 1 is 1.06 bits per heavy atom. The molecule has 0 bridgehead atoms. The summed E-state index contributed by atoms with van der Waals surface area (Å²) in [5, 5.41) is 15.7. The Morgan fingerprint density at radius 3 is 2.25 bits per heavy atom. The smallest absolute Gasteiger partial charge is 0.408 e. The summed E-state index contributed by atoms with van der Waals surface area (Å²) < 4.78 is 5.50. The number of hydrogen-bond acceptors (Lipinski definition) is 4. The van der Waals surface area contributed by atoms with Gasteiger partial charge in [0.25, 0.3) is 0 Å². The number of alkyl carbamates (subject to hydrolysis) is 1. The number of unbranched alkanes of at least 4 members (excludes halogenated alkanes) is 3. The van der Waals surface area contributed by atoms with Crippen molar-refractivity contribution >= 4 is 12.1 Å². The van der Waals surface area contributed by atoms with Gasteiger partial charge in [-0.05, 0) is 47.6 Å². The first-order valence-electron chi connectivity index (χ1n) is 10.8. The average molecular weight is 437 g/mol. The number of benzene rings is 2. The summed E-state index contributed by atoms with van der Waals surface area (Å²) in [6.07, 6.45) is 2.56. The molecule has 0 fully saturated rings. The Hall–Kier alpha value is -3.51. The van der Waals surface area contributed by atoms with Gasteiger partial charge in [-0.15, -0.1) is 0 Å². The molecule has 0 saturated heterocycles. The highest BCUT2D eigenvalue weighted by molar-refractivity contribution is 5.84. The van der Waals surface area contributed by atoms with E-state index in [0.717, 1.165) is 41.5 Å². The molecule has 8 nitrogen and oxygen atoms in total. The van der Waals surface area contributed by atoms with Crippen LogP contribution < -0.4 is 5.32 Å². The molecule has 1 aliphatic rings. The van der Waals surface area contributed by atoms with Gasteiger partial charge >= 0.3 is 12.1 Å². The van der Waals surface area contributed by atoms with E-state index in [4.69, 9.17) is 10.3 Å². The molecule has 0 aromatic heterocycles. The van der Waals surface area contributed by atoms with Gasteiger partial charge in [-0.3, -0.25) is 0 Å². The molecule has 0 unspecified atom stereocenters. The topological polar surface area (TPSA) is 124 Å². The fourth-order valence-corrected chi connectivity index (χ4v) is 4.14. The van der Waals surface area contributed by atoms with Crippen molar-refractivity contribution in [2.45, 2.75) is 50.5 Å². The molecule has 8 heteroatoms. The summed E-state index contributed by atoms with van der Waals surface area (Å²) in [4.78, 5) is 27.0. The normalized spacial score (nSPS) is 13.9. The van der Waals surface area contributed by atoms with Crippen LogP contribution in [-0.4, -0.2) is 35.9 Å². The van der Waals surface area contributed by atoms with Crippen molar-refractivity contribution in [1.82, 2.24) is 5.32 Å². The molecule has 1 amide bonds. The number of azide groups is 1. The van der Waals surface area contributed by atoms with Gasteiger partial charge in [-0.1, -0.05) is 72.9 Å². The molecule has 2 N–H and O–H groups in total. The average Bonchev–Trinajstić information content (AvgIpc) is 3.11. The number of fused-ring (bicyclic) bond motifs is 3. The maximum Gasteiger partial charge on any atom is 0.408 e. The van der Waals surface area contributed by atoms with Crippen molar-refractivity contribution in [3.05, 3.63) is 70.1 Å². The van der Waals surface area contributed by atoms with Crippen LogP contribution in [0.1, 0.15) is 56.1 Å². The van der Waals surface area contributed by atoms with Gasteiger partial charge in [0.15, 0.2) is 0 Å². The Kier molecular flexibility index (Phi) is 7.73. The molecule has 1 atom stereocenters. The molecule has 2 aromatic carbocycles. The second kappa shape index (κ2) is 10.7. The lowest BCUT2D eigenvalue weighted by Gasteiger charge is -2.26. The number of nitrogens with one attached hydrogen (secondary N) is 1. The number of ether oxygens (including phenoxy) is 1. The van der Waals surface area contributed by atoms with E-state index in [9.17, 15) is 14.7 Å². The first-order chi connectivity index (χ1) is 15.5. The van der Waals surface area contributed by atoms with Crippen molar-refractivity contribution < 1.29 is 19.4 Å². The van der Waals surface area contributed by atoms with E-state index >= 15 is 0 Å². The maximum atomic E-state index is 12.5. The van der Waals surface area contributed by atoms with Crippen LogP contribution in [-0.2, 0) is 9.53 Å². The van der Waals surface area contributed by atoms with Crippen LogP contribution in [0.25, 0.3) is 21.6 Å². The van der Waals surface area contributed by atoms with Crippen molar-refractivity contribution in [1.29, 1.82) is 0 Å². The summed E-state index contributed by atoms with van der Waals surface area (Å²) in [6, 6.07) is 16.1. The third kappa shape index (κ3) is 5.39. The van der Waals surface area contributed by atoms with E-state index in [-0.39, 0.29) is 18.9 Å². The van der Waals surface area contributed by atoms with Gasteiger partial charge in [-0.2, -0.15) is 0 Å². The molecule has 0 spiro atoms. The van der Waals surface area contributed by atoms with Gasteiger partial charge in [0.05, 0.1) is 0 Å². The van der Waals surface area contributed by atoms with E-state index in [1.807, 2.05) is 36.4 Å². The quantitative estimate of drug-likeness (QED) is 0.205. The molecule has 0 aliphatic heterocycles. The minimum absolute atomic E-state index is 0.0831. The summed E-state index contributed by atoms with van der Waals surface area (Å²) >= 11 is 0. The molecule has 0 heterocycles. The second-order valence-electron chi connectivity index (χ2n) is 8.21. The molecule has 0 saturated carbocycles. The first-order valence-corrected chi connectivity index (χ1v) is 10.8. The molecular weight excluding hydrogens is 408 g/mol. The van der Waals surface area contributed by atoms with Gasteiger partial charge in [0.2, 0.25) is 0 Å². The number of carboxylic acids is 1. The predicted molar refractivity (Wildman–Crippen MR) is 121 cm³/mol. The van der Waals surface area contributed by atoms with E-state index in [1.165, 1.54) is 6.92 Å². The lowest BCUT2D eigenvalue weighted by molar-refractivity contribution is -0.144. The number of carbonyl (C=O) groups excluding carboxylic acids is 1. The van der Waals surface area contributed by atoms with Gasteiger partial charge in [0.1, 0.15) is 12.1 Å². The molecule has 0 radical (unpaired) electrons. The van der Waals surface area contributed by atoms with Crippen LogP contribution in [0.15, 0.2) is 53.6 Å². The van der Waals surface area contributed by atoms with Crippen LogP contribution in [0, 0.1) is 0 Å². The van der Waals surface area contributed by atoms with Crippen LogP contribution in [0.2, 0.25) is 0 Å². The molecule has 1 aliphatic carbocycles. The Labute approximate surface area is 187 Å². The third-order valence-electron chi connectivity index (χ3n) is 5.94. The number of amides is 1. The highest BCUT2D eigenvalue weighted by atomic mass is 16.5. The van der Waals surface area contributed by atoms with E-state index in [2.05, 4.69) is 27.5 Å². The number of carbonyl (C=O) groups is 2. The fourth-order valence-electron chi connectivity index (χ4n) is 4.14. The SMILES string of the molecule is C[C@@](CCCCCCN=[N+]=[N-])(NC(=O)OCC1c2ccccc2-c2ccccc21)C(=O)O. The monoisotopic (exact) mass is 436 g/mol. The molecule has 32 heavy (non-hydrogen) atoms. The minimum atomic E-state index is -1.41. The Morgan fingerprint density at radius 2 is 1.66 bits per heavy atom. The molecule has 168 valence electrons. The van der Waals surface area contributed by atoms with Crippen LogP contribution in [0.5, 0.6) is 0 Å². The van der Waals surface area contributed by atoms with Gasteiger partial charge < -0.3 is 15.2 Å². The van der Waals surface area contributed by atoms with Crippen molar-refractivity contribution in [3.63, 3.8) is 0 Å². The van der Waals surface area contributed by atoms with Crippen LogP contribution in [0.4, 0.5) is 4.79 Å². The number of carboxylic acid groups (broad SMARTS) is 1. The molecule has 3 rings (SSSR count). The first kappa shape index (κ1) is 23.2. The summed E-state index contributed by atoms with van der Waals surface area (Å²) in [5.74, 6) is -1.18. The second-order valence-corrected chi connectivity index (χ2v) is 8.21. The summed E-state index contributed by atoms with van der Waals surface area (Å²) in [7, 11) is 0.